The second-order valence-electron chi connectivity index (χ2n) is 5.11. The first-order chi connectivity index (χ1) is 6.54. The molecule has 0 aromatic carbocycles. The number of carbonyl (C=O) groups excluding carboxylic acids is 1. The molecule has 0 saturated carbocycles. The van der Waals surface area contributed by atoms with Crippen LogP contribution < -0.4 is 0 Å². The zero-order valence-electron chi connectivity index (χ0n) is 9.42. The fourth-order valence-electron chi connectivity index (χ4n) is 1.96. The summed E-state index contributed by atoms with van der Waals surface area (Å²) < 4.78 is 0. The molecule has 1 aliphatic carbocycles. The van der Waals surface area contributed by atoms with Gasteiger partial charge in [-0.3, -0.25) is 4.79 Å². The minimum Gasteiger partial charge on any atom is -0.299 e. The molecular formula is C14H24O. The molecule has 1 atom stereocenters. The van der Waals surface area contributed by atoms with E-state index in [9.17, 15) is 4.79 Å². The summed E-state index contributed by atoms with van der Waals surface area (Å²) >= 11 is 0. The van der Waals surface area contributed by atoms with Crippen molar-refractivity contribution in [3.05, 3.63) is 23.8 Å². The van der Waals surface area contributed by atoms with E-state index in [1.54, 1.807) is 6.08 Å². The molecule has 1 unspecified atom stereocenters. The molecule has 0 radical (unpaired) electrons. The van der Waals surface area contributed by atoms with E-state index in [-0.39, 0.29) is 7.43 Å². The van der Waals surface area contributed by atoms with E-state index >= 15 is 0 Å². The molecule has 0 aliphatic heterocycles. The van der Waals surface area contributed by atoms with Crippen molar-refractivity contribution in [2.45, 2.75) is 47.5 Å². The maximum atomic E-state index is 10.2. The van der Waals surface area contributed by atoms with Gasteiger partial charge in [0.15, 0.2) is 0 Å². The summed E-state index contributed by atoms with van der Waals surface area (Å²) in [4.78, 5) is 10.2. The van der Waals surface area contributed by atoms with Crippen LogP contribution in [0.3, 0.4) is 0 Å². The summed E-state index contributed by atoms with van der Waals surface area (Å²) in [5.74, 6) is 0.788. The third kappa shape index (κ3) is 4.46. The van der Waals surface area contributed by atoms with E-state index in [1.807, 2.05) is 6.08 Å². The maximum absolute atomic E-state index is 10.2. The Morgan fingerprint density at radius 1 is 1.40 bits per heavy atom. The van der Waals surface area contributed by atoms with Crippen molar-refractivity contribution >= 4 is 6.29 Å². The first-order valence-electron chi connectivity index (χ1n) is 5.35. The van der Waals surface area contributed by atoms with Crippen LogP contribution in [-0.4, -0.2) is 6.29 Å². The second kappa shape index (κ2) is 5.89. The van der Waals surface area contributed by atoms with Crippen molar-refractivity contribution in [2.24, 2.45) is 11.3 Å². The van der Waals surface area contributed by atoms with Crippen molar-refractivity contribution < 1.29 is 4.79 Å². The molecule has 0 fully saturated rings. The smallest absolute Gasteiger partial charge is 0.142 e. The van der Waals surface area contributed by atoms with Gasteiger partial charge >= 0.3 is 0 Å². The third-order valence-electron chi connectivity index (χ3n) is 3.06. The summed E-state index contributed by atoms with van der Waals surface area (Å²) in [6.07, 6.45) is 10.2. The van der Waals surface area contributed by atoms with Gasteiger partial charge in [-0.2, -0.15) is 0 Å². The normalized spacial score (nSPS) is 22.1. The largest absolute Gasteiger partial charge is 0.299 e. The zero-order chi connectivity index (χ0) is 10.6. The molecule has 0 amide bonds. The molecule has 0 aromatic rings. The van der Waals surface area contributed by atoms with Crippen LogP contribution in [0.2, 0.25) is 0 Å². The lowest BCUT2D eigenvalue weighted by Gasteiger charge is -2.32. The first-order valence-corrected chi connectivity index (χ1v) is 5.35. The van der Waals surface area contributed by atoms with Crippen molar-refractivity contribution in [3.8, 4) is 0 Å². The van der Waals surface area contributed by atoms with Crippen LogP contribution in [0, 0.1) is 11.3 Å². The van der Waals surface area contributed by atoms with Gasteiger partial charge in [0.1, 0.15) is 6.29 Å². The van der Waals surface area contributed by atoms with Crippen LogP contribution in [0.4, 0.5) is 0 Å². The van der Waals surface area contributed by atoms with Crippen LogP contribution in [0.25, 0.3) is 0 Å². The molecule has 1 nitrogen and oxygen atoms in total. The number of carbonyl (C=O) groups is 1. The average Bonchev–Trinajstić information content (AvgIpc) is 2.14. The second-order valence-corrected chi connectivity index (χ2v) is 5.11. The molecular weight excluding hydrogens is 184 g/mol. The predicted molar refractivity (Wildman–Crippen MR) is 66.8 cm³/mol. The number of aldehydes is 1. The van der Waals surface area contributed by atoms with Gasteiger partial charge in [0.05, 0.1) is 0 Å². The standard InChI is InChI=1S/C13H20O.CH4/c1-13(2,3)12-8-6-11(7-9-12)5-4-10-14;/h4-6,10,12H,7-9H2,1-3H3;1H4/b5-4+;. The number of hydrogen-bond donors (Lipinski definition) is 0. The Hall–Kier alpha value is -0.850. The van der Waals surface area contributed by atoms with Crippen LogP contribution >= 0.6 is 0 Å². The monoisotopic (exact) mass is 208 g/mol. The van der Waals surface area contributed by atoms with Crippen molar-refractivity contribution in [1.29, 1.82) is 0 Å². The van der Waals surface area contributed by atoms with Gasteiger partial charge < -0.3 is 0 Å². The van der Waals surface area contributed by atoms with Gasteiger partial charge in [0.25, 0.3) is 0 Å². The lowest BCUT2D eigenvalue weighted by Crippen LogP contribution is -2.21. The van der Waals surface area contributed by atoms with Gasteiger partial charge in [-0.05, 0) is 36.7 Å². The fraction of sp³-hybridized carbons (Fsp3) is 0.643. The van der Waals surface area contributed by atoms with Gasteiger partial charge in [0.2, 0.25) is 0 Å². The van der Waals surface area contributed by atoms with Crippen LogP contribution in [0.1, 0.15) is 47.5 Å². The topological polar surface area (TPSA) is 17.1 Å². The van der Waals surface area contributed by atoms with Gasteiger partial charge in [-0.25, -0.2) is 0 Å². The van der Waals surface area contributed by atoms with Crippen LogP contribution in [-0.2, 0) is 4.79 Å². The zero-order valence-corrected chi connectivity index (χ0v) is 9.42. The highest BCUT2D eigenvalue weighted by molar-refractivity contribution is 5.65. The Balaban J connectivity index is 0.00000196. The highest BCUT2D eigenvalue weighted by atomic mass is 16.1. The molecule has 0 saturated heterocycles. The van der Waals surface area contributed by atoms with E-state index in [2.05, 4.69) is 26.8 Å². The SMILES string of the molecule is C.CC(C)(C)C1CC=C(/C=C/C=O)CC1. The van der Waals surface area contributed by atoms with E-state index < -0.39 is 0 Å². The van der Waals surface area contributed by atoms with E-state index in [1.165, 1.54) is 12.0 Å². The third-order valence-corrected chi connectivity index (χ3v) is 3.06. The van der Waals surface area contributed by atoms with Crippen molar-refractivity contribution in [1.82, 2.24) is 0 Å². The highest BCUT2D eigenvalue weighted by Gasteiger charge is 2.25. The molecule has 0 spiro atoms. The molecule has 0 aromatic heterocycles. The first kappa shape index (κ1) is 14.2. The minimum atomic E-state index is 0. The Morgan fingerprint density at radius 2 is 2.07 bits per heavy atom. The van der Waals surface area contributed by atoms with Crippen molar-refractivity contribution in [2.75, 3.05) is 0 Å². The molecule has 86 valence electrons. The summed E-state index contributed by atoms with van der Waals surface area (Å²) in [6, 6.07) is 0. The van der Waals surface area contributed by atoms with E-state index in [4.69, 9.17) is 0 Å². The number of allylic oxidation sites excluding steroid dienone is 4. The quantitative estimate of drug-likeness (QED) is 0.492. The highest BCUT2D eigenvalue weighted by Crippen LogP contribution is 2.37. The number of hydrogen-bond acceptors (Lipinski definition) is 1. The van der Waals surface area contributed by atoms with E-state index in [0.29, 0.717) is 5.41 Å². The summed E-state index contributed by atoms with van der Waals surface area (Å²) in [5, 5.41) is 0. The molecule has 1 heteroatoms. The Bertz CT molecular complexity index is 253. The molecule has 1 rings (SSSR count). The lowest BCUT2D eigenvalue weighted by molar-refractivity contribution is -0.104. The molecule has 0 N–H and O–H groups in total. The number of rotatable bonds is 2. The van der Waals surface area contributed by atoms with Gasteiger partial charge in [0, 0.05) is 0 Å². The predicted octanol–water partition coefficient (Wildman–Crippen LogP) is 4.15. The summed E-state index contributed by atoms with van der Waals surface area (Å²) in [6.45, 7) is 6.91. The van der Waals surface area contributed by atoms with E-state index in [0.717, 1.165) is 25.0 Å². The minimum absolute atomic E-state index is 0. The summed E-state index contributed by atoms with van der Waals surface area (Å²) in [5.41, 5.74) is 1.73. The molecule has 0 heterocycles. The summed E-state index contributed by atoms with van der Waals surface area (Å²) in [7, 11) is 0. The fourth-order valence-corrected chi connectivity index (χ4v) is 1.96. The average molecular weight is 208 g/mol. The van der Waals surface area contributed by atoms with Crippen LogP contribution in [0.15, 0.2) is 23.8 Å². The Kier molecular flexibility index (Phi) is 5.56. The van der Waals surface area contributed by atoms with Crippen molar-refractivity contribution in [3.63, 3.8) is 0 Å². The Labute approximate surface area is 94.3 Å². The molecule has 0 bridgehead atoms. The van der Waals surface area contributed by atoms with Gasteiger partial charge in [-0.15, -0.1) is 0 Å². The Morgan fingerprint density at radius 3 is 2.47 bits per heavy atom. The molecule has 1 aliphatic rings. The van der Waals surface area contributed by atoms with Crippen LogP contribution in [0.5, 0.6) is 0 Å². The van der Waals surface area contributed by atoms with Gasteiger partial charge in [-0.1, -0.05) is 45.9 Å². The molecule has 15 heavy (non-hydrogen) atoms. The lowest BCUT2D eigenvalue weighted by atomic mass is 9.73. The maximum Gasteiger partial charge on any atom is 0.142 e.